The van der Waals surface area contributed by atoms with Crippen molar-refractivity contribution in [3.05, 3.63) is 146 Å². The maximum Gasteiger partial charge on any atom is 0.336 e. The number of nitrogens with zero attached hydrogens (tertiary/aromatic N) is 4. The number of halogens is 2. The molecule has 0 amide bonds. The first-order valence-corrected chi connectivity index (χ1v) is 13.6. The van der Waals surface area contributed by atoms with Gasteiger partial charge in [-0.25, -0.2) is 4.79 Å². The van der Waals surface area contributed by atoms with Gasteiger partial charge in [-0.15, -0.1) is 4.81 Å². The van der Waals surface area contributed by atoms with Crippen LogP contribution >= 0.6 is 31.9 Å². The second-order valence-electron chi connectivity index (χ2n) is 8.96. The van der Waals surface area contributed by atoms with Gasteiger partial charge >= 0.3 is 5.97 Å². The summed E-state index contributed by atoms with van der Waals surface area (Å²) < 4.78 is 7.26. The Hall–Kier alpha value is -3.75. The molecule has 0 aromatic heterocycles. The number of anilines is 1. The van der Waals surface area contributed by atoms with Gasteiger partial charge in [-0.2, -0.15) is 10.5 Å². The van der Waals surface area contributed by atoms with Gasteiger partial charge in [0.2, 0.25) is 5.69 Å². The van der Waals surface area contributed by atoms with Crippen LogP contribution in [0.5, 0.6) is 0 Å². The molecule has 0 saturated heterocycles. The molecule has 0 aliphatic carbocycles. The Balaban J connectivity index is 1.72. The first-order valence-electron chi connectivity index (χ1n) is 12.0. The van der Waals surface area contributed by atoms with Crippen molar-refractivity contribution in [3.63, 3.8) is 0 Å². The predicted molar refractivity (Wildman–Crippen MR) is 153 cm³/mol. The number of hydrogen-bond acceptors (Lipinski definition) is 4. The topological polar surface area (TPSA) is 59.0 Å². The van der Waals surface area contributed by atoms with Gasteiger partial charge in [-0.3, -0.25) is 0 Å². The molecule has 4 aromatic rings. The lowest BCUT2D eigenvalue weighted by Gasteiger charge is -2.47. The molecular weight excluding hydrogens is 608 g/mol. The van der Waals surface area contributed by atoms with Crippen molar-refractivity contribution in [1.29, 1.82) is 0 Å². The molecule has 0 fully saturated rings. The largest absolute Gasteiger partial charge is 0.466 e. The molecule has 0 unspecified atom stereocenters. The lowest BCUT2D eigenvalue weighted by Crippen LogP contribution is -2.52. The Labute approximate surface area is 237 Å². The maximum atomic E-state index is 13.6. The summed E-state index contributed by atoms with van der Waals surface area (Å²) in [4.78, 5) is 17.3. The molecule has 6 nitrogen and oxygen atoms in total. The van der Waals surface area contributed by atoms with E-state index in [0.29, 0.717) is 5.57 Å². The van der Waals surface area contributed by atoms with Crippen LogP contribution in [0.25, 0.3) is 5.43 Å². The molecule has 6 rings (SSSR count). The fourth-order valence-electron chi connectivity index (χ4n) is 5.26. The monoisotopic (exact) mass is 628 g/mol. The second-order valence-corrected chi connectivity index (χ2v) is 10.8. The Bertz CT molecular complexity index is 1560. The molecule has 38 heavy (non-hydrogen) atoms. The summed E-state index contributed by atoms with van der Waals surface area (Å²) in [5.41, 5.74) is 6.66. The summed E-state index contributed by atoms with van der Waals surface area (Å²) in [6.45, 7) is 0. The molecule has 0 radical (unpaired) electrons. The van der Waals surface area contributed by atoms with Crippen molar-refractivity contribution in [2.45, 2.75) is 11.2 Å². The fourth-order valence-corrected chi connectivity index (χ4v) is 5.79. The zero-order valence-corrected chi connectivity index (χ0v) is 23.5. The van der Waals surface area contributed by atoms with Crippen molar-refractivity contribution in [3.8, 4) is 0 Å². The number of azo groups is 1. The smallest absolute Gasteiger partial charge is 0.336 e. The standard InChI is InChI=1S/C30H22Br2N4O2/c1-38-28(37)27-20-35(25-16-12-23(31)13-17-25)30(22-10-6-3-7-11-22)29(27,21-8-4-2-5-9-21)33-36(34-30)26-18-14-24(32)15-19-26/h2-20H,1H3/t29-,30+/m0/s1. The summed E-state index contributed by atoms with van der Waals surface area (Å²) in [6.07, 6.45) is 1.83. The molecule has 0 N–H and O–H groups in total. The third-order valence-corrected chi connectivity index (χ3v) is 7.98. The van der Waals surface area contributed by atoms with Crippen LogP contribution < -0.4 is 4.90 Å². The maximum absolute atomic E-state index is 13.6. The predicted octanol–water partition coefficient (Wildman–Crippen LogP) is 7.94. The van der Waals surface area contributed by atoms with Gasteiger partial charge in [-0.1, -0.05) is 92.5 Å². The summed E-state index contributed by atoms with van der Waals surface area (Å²) >= 11 is 7.07. The third kappa shape index (κ3) is 3.62. The highest BCUT2D eigenvalue weighted by Crippen LogP contribution is 2.64. The normalized spacial score (nSPS) is 21.8. The highest BCUT2D eigenvalue weighted by Gasteiger charge is 2.67. The lowest BCUT2D eigenvalue weighted by molar-refractivity contribution is -0.457. The quantitative estimate of drug-likeness (QED) is 0.166. The summed E-state index contributed by atoms with van der Waals surface area (Å²) in [6, 6.07) is 35.6. The Morgan fingerprint density at radius 2 is 1.37 bits per heavy atom. The third-order valence-electron chi connectivity index (χ3n) is 6.92. The molecule has 2 aliphatic heterocycles. The first-order chi connectivity index (χ1) is 18.5. The van der Waals surface area contributed by atoms with E-state index in [1.165, 1.54) is 7.11 Å². The number of carbonyl (C=O) groups is 1. The number of benzene rings is 4. The van der Waals surface area contributed by atoms with E-state index in [-0.39, 0.29) is 0 Å². The van der Waals surface area contributed by atoms with Crippen molar-refractivity contribution < 1.29 is 14.3 Å². The number of methoxy groups -OCH3 is 1. The van der Waals surface area contributed by atoms with Crippen LogP contribution in [0.2, 0.25) is 0 Å². The van der Waals surface area contributed by atoms with Gasteiger partial charge in [0.05, 0.1) is 12.7 Å². The van der Waals surface area contributed by atoms with Crippen molar-refractivity contribution >= 4 is 49.2 Å². The minimum atomic E-state index is -1.25. The lowest BCUT2D eigenvalue weighted by atomic mass is 9.72. The van der Waals surface area contributed by atoms with Gasteiger partial charge in [0.25, 0.3) is 0 Å². The van der Waals surface area contributed by atoms with Crippen LogP contribution in [0.15, 0.2) is 135 Å². The number of esters is 1. The molecule has 0 spiro atoms. The molecule has 0 saturated carbocycles. The fraction of sp³-hybridized carbons (Fsp3) is 0.100. The molecule has 0 bridgehead atoms. The average molecular weight is 630 g/mol. The van der Waals surface area contributed by atoms with Crippen LogP contribution in [0.1, 0.15) is 11.1 Å². The van der Waals surface area contributed by atoms with Crippen molar-refractivity contribution in [1.82, 2.24) is 0 Å². The van der Waals surface area contributed by atoms with Gasteiger partial charge < -0.3 is 9.64 Å². The SMILES string of the molecule is COC(=O)C1=CN(c2ccc(Br)cc2)[C@@]2(c3ccccc3)[N-][N+](c3ccc(Br)cc3)=N[C@@]12c1ccccc1. The highest BCUT2D eigenvalue weighted by molar-refractivity contribution is 9.10. The van der Waals surface area contributed by atoms with Crippen LogP contribution in [0.3, 0.4) is 0 Å². The van der Waals surface area contributed by atoms with Crippen LogP contribution in [-0.2, 0) is 20.7 Å². The van der Waals surface area contributed by atoms with E-state index < -0.39 is 17.2 Å². The molecule has 8 heteroatoms. The number of fused-ring (bicyclic) bond motifs is 1. The van der Waals surface area contributed by atoms with E-state index in [2.05, 4.69) is 31.9 Å². The van der Waals surface area contributed by atoms with Gasteiger partial charge in [0.1, 0.15) is 11.2 Å². The van der Waals surface area contributed by atoms with E-state index >= 15 is 0 Å². The van der Waals surface area contributed by atoms with E-state index in [4.69, 9.17) is 15.3 Å². The van der Waals surface area contributed by atoms with E-state index in [9.17, 15) is 4.79 Å². The Morgan fingerprint density at radius 3 is 1.95 bits per heavy atom. The number of carbonyl (C=O) groups excluding carboxylic acids is 1. The molecule has 2 heterocycles. The molecule has 2 atom stereocenters. The minimum Gasteiger partial charge on any atom is -0.466 e. The Morgan fingerprint density at radius 1 is 0.816 bits per heavy atom. The number of ether oxygens (including phenoxy) is 1. The second kappa shape index (κ2) is 9.53. The van der Waals surface area contributed by atoms with E-state index in [1.54, 1.807) is 4.81 Å². The molecule has 2 aliphatic rings. The Kier molecular flexibility index (Phi) is 6.16. The molecule has 188 valence electrons. The molecule has 4 aromatic carbocycles. The highest BCUT2D eigenvalue weighted by atomic mass is 79.9. The van der Waals surface area contributed by atoms with Gasteiger partial charge in [0, 0.05) is 33.0 Å². The molecular formula is C30H22Br2N4O2. The van der Waals surface area contributed by atoms with Crippen LogP contribution in [0, 0.1) is 0 Å². The average Bonchev–Trinajstić information content (AvgIpc) is 3.46. The van der Waals surface area contributed by atoms with Crippen molar-refractivity contribution in [2.24, 2.45) is 5.11 Å². The number of rotatable bonds is 5. The first kappa shape index (κ1) is 24.6. The summed E-state index contributed by atoms with van der Waals surface area (Å²) in [5, 5.41) is 5.28. The zero-order chi connectivity index (χ0) is 26.3. The van der Waals surface area contributed by atoms with Gasteiger partial charge in [-0.05, 0) is 47.5 Å². The van der Waals surface area contributed by atoms with Crippen LogP contribution in [-0.4, -0.2) is 17.9 Å². The minimum absolute atomic E-state index is 0.390. The number of hydrogen-bond donors (Lipinski definition) is 0. The van der Waals surface area contributed by atoms with E-state index in [0.717, 1.165) is 31.4 Å². The summed E-state index contributed by atoms with van der Waals surface area (Å²) in [7, 11) is 1.40. The van der Waals surface area contributed by atoms with Crippen LogP contribution in [0.4, 0.5) is 11.4 Å². The van der Waals surface area contributed by atoms with E-state index in [1.807, 2.05) is 120 Å². The van der Waals surface area contributed by atoms with Crippen molar-refractivity contribution in [2.75, 3.05) is 12.0 Å². The van der Waals surface area contributed by atoms with Gasteiger partial charge in [0.15, 0.2) is 0 Å². The summed E-state index contributed by atoms with van der Waals surface area (Å²) in [5.74, 6) is -0.467. The zero-order valence-electron chi connectivity index (χ0n) is 20.3.